The van der Waals surface area contributed by atoms with E-state index in [0.29, 0.717) is 6.54 Å². The molecule has 0 saturated heterocycles. The minimum atomic E-state index is -0.448. The molecule has 2 N–H and O–H groups in total. The molecule has 1 aromatic rings. The van der Waals surface area contributed by atoms with Gasteiger partial charge in [-0.3, -0.25) is 4.79 Å². The van der Waals surface area contributed by atoms with Gasteiger partial charge in [-0.05, 0) is 29.0 Å². The van der Waals surface area contributed by atoms with E-state index in [1.54, 1.807) is 0 Å². The van der Waals surface area contributed by atoms with Crippen LogP contribution in [0.25, 0.3) is 0 Å². The largest absolute Gasteiger partial charge is 0.337 e. The molecule has 1 amide bonds. The molecule has 4 heteroatoms. The predicted molar refractivity (Wildman–Crippen MR) is 80.7 cm³/mol. The lowest BCUT2D eigenvalue weighted by molar-refractivity contribution is -0.135. The topological polar surface area (TPSA) is 46.3 Å². The van der Waals surface area contributed by atoms with Crippen molar-refractivity contribution >= 4 is 21.8 Å². The standard InChI is InChI=1S/C15H21BrN2O/c1-15(2,3)13(17)14(19)18-8-7-10-5-4-6-12(16)11(10)9-18/h4-6,13H,7-9,17H2,1-3H3/t13-/m1/s1. The summed E-state index contributed by atoms with van der Waals surface area (Å²) >= 11 is 3.57. The van der Waals surface area contributed by atoms with Crippen LogP contribution in [0.1, 0.15) is 31.9 Å². The van der Waals surface area contributed by atoms with E-state index >= 15 is 0 Å². The molecule has 1 heterocycles. The van der Waals surface area contributed by atoms with Crippen molar-refractivity contribution < 1.29 is 4.79 Å². The number of halogens is 1. The number of nitrogens with two attached hydrogens (primary N) is 1. The number of carbonyl (C=O) groups excluding carboxylic acids is 1. The smallest absolute Gasteiger partial charge is 0.240 e. The summed E-state index contributed by atoms with van der Waals surface area (Å²) < 4.78 is 1.08. The van der Waals surface area contributed by atoms with Gasteiger partial charge in [-0.15, -0.1) is 0 Å². The summed E-state index contributed by atoms with van der Waals surface area (Å²) in [6, 6.07) is 5.75. The van der Waals surface area contributed by atoms with Crippen LogP contribution in [-0.4, -0.2) is 23.4 Å². The Kier molecular flexibility index (Phi) is 4.02. The maximum Gasteiger partial charge on any atom is 0.240 e. The van der Waals surface area contributed by atoms with Crippen molar-refractivity contribution in [2.45, 2.75) is 39.8 Å². The second-order valence-corrected chi connectivity index (χ2v) is 7.09. The second kappa shape index (κ2) is 5.25. The monoisotopic (exact) mass is 324 g/mol. The Balaban J connectivity index is 2.18. The van der Waals surface area contributed by atoms with E-state index < -0.39 is 6.04 Å². The van der Waals surface area contributed by atoms with Gasteiger partial charge in [-0.2, -0.15) is 0 Å². The fourth-order valence-electron chi connectivity index (χ4n) is 2.30. The molecule has 19 heavy (non-hydrogen) atoms. The first-order valence-corrected chi connectivity index (χ1v) is 7.40. The van der Waals surface area contributed by atoms with Gasteiger partial charge in [-0.1, -0.05) is 48.8 Å². The van der Waals surface area contributed by atoms with Crippen LogP contribution in [0.15, 0.2) is 22.7 Å². The molecule has 0 spiro atoms. The summed E-state index contributed by atoms with van der Waals surface area (Å²) in [6.45, 7) is 7.42. The van der Waals surface area contributed by atoms with Crippen LogP contribution in [0.4, 0.5) is 0 Å². The zero-order chi connectivity index (χ0) is 14.2. The van der Waals surface area contributed by atoms with Crippen molar-refractivity contribution in [3.63, 3.8) is 0 Å². The fraction of sp³-hybridized carbons (Fsp3) is 0.533. The molecule has 2 rings (SSSR count). The number of rotatable bonds is 1. The van der Waals surface area contributed by atoms with E-state index in [1.165, 1.54) is 11.1 Å². The number of nitrogens with zero attached hydrogens (tertiary/aromatic N) is 1. The third-order valence-corrected chi connectivity index (χ3v) is 4.47. The van der Waals surface area contributed by atoms with Gasteiger partial charge >= 0.3 is 0 Å². The van der Waals surface area contributed by atoms with Crippen LogP contribution in [0.5, 0.6) is 0 Å². The molecule has 1 aliphatic rings. The van der Waals surface area contributed by atoms with Gasteiger partial charge in [0, 0.05) is 17.6 Å². The summed E-state index contributed by atoms with van der Waals surface area (Å²) in [5, 5.41) is 0. The molecule has 1 aromatic carbocycles. The lowest BCUT2D eigenvalue weighted by atomic mass is 9.86. The summed E-state index contributed by atoms with van der Waals surface area (Å²) in [4.78, 5) is 14.3. The van der Waals surface area contributed by atoms with E-state index in [1.807, 2.05) is 37.8 Å². The van der Waals surface area contributed by atoms with Crippen molar-refractivity contribution in [3.05, 3.63) is 33.8 Å². The van der Waals surface area contributed by atoms with E-state index in [4.69, 9.17) is 5.73 Å². The molecule has 104 valence electrons. The Morgan fingerprint density at radius 3 is 2.74 bits per heavy atom. The van der Waals surface area contributed by atoms with Crippen molar-refractivity contribution in [3.8, 4) is 0 Å². The molecule has 0 fully saturated rings. The molecule has 0 saturated carbocycles. The molecule has 0 aromatic heterocycles. The predicted octanol–water partition coefficient (Wildman–Crippen LogP) is 2.71. The Hall–Kier alpha value is -0.870. The number of amides is 1. The van der Waals surface area contributed by atoms with Crippen molar-refractivity contribution in [1.82, 2.24) is 4.90 Å². The van der Waals surface area contributed by atoms with Crippen LogP contribution in [0.3, 0.4) is 0 Å². The Morgan fingerprint density at radius 2 is 2.11 bits per heavy atom. The highest BCUT2D eigenvalue weighted by molar-refractivity contribution is 9.10. The van der Waals surface area contributed by atoms with Crippen molar-refractivity contribution in [2.24, 2.45) is 11.1 Å². The maximum absolute atomic E-state index is 12.5. The number of carbonyl (C=O) groups is 1. The lowest BCUT2D eigenvalue weighted by Gasteiger charge is -2.35. The Labute approximate surface area is 123 Å². The fourth-order valence-corrected chi connectivity index (χ4v) is 2.83. The minimum Gasteiger partial charge on any atom is -0.337 e. The number of hydrogen-bond donors (Lipinski definition) is 1. The number of fused-ring (bicyclic) bond motifs is 1. The molecule has 0 aliphatic carbocycles. The lowest BCUT2D eigenvalue weighted by Crippen LogP contribution is -2.51. The van der Waals surface area contributed by atoms with Crippen LogP contribution in [-0.2, 0) is 17.8 Å². The summed E-state index contributed by atoms with van der Waals surface area (Å²) in [7, 11) is 0. The first kappa shape index (κ1) is 14.5. The quantitative estimate of drug-likeness (QED) is 0.863. The highest BCUT2D eigenvalue weighted by atomic mass is 79.9. The van der Waals surface area contributed by atoms with Gasteiger partial charge in [0.25, 0.3) is 0 Å². The zero-order valence-electron chi connectivity index (χ0n) is 11.7. The average molecular weight is 325 g/mol. The van der Waals surface area contributed by atoms with Crippen LogP contribution >= 0.6 is 15.9 Å². The average Bonchev–Trinajstić information content (AvgIpc) is 2.36. The summed E-state index contributed by atoms with van der Waals surface area (Å²) in [5.74, 6) is 0.0499. The number of hydrogen-bond acceptors (Lipinski definition) is 2. The van der Waals surface area contributed by atoms with Gasteiger partial charge in [0.15, 0.2) is 0 Å². The molecule has 0 unspecified atom stereocenters. The Morgan fingerprint density at radius 1 is 1.42 bits per heavy atom. The van der Waals surface area contributed by atoms with Crippen LogP contribution in [0.2, 0.25) is 0 Å². The first-order chi connectivity index (χ1) is 8.80. The second-order valence-electron chi connectivity index (χ2n) is 6.23. The molecule has 0 radical (unpaired) electrons. The molecular weight excluding hydrogens is 304 g/mol. The van der Waals surface area contributed by atoms with Gasteiger partial charge < -0.3 is 10.6 Å². The van der Waals surface area contributed by atoms with E-state index in [9.17, 15) is 4.79 Å². The maximum atomic E-state index is 12.5. The number of benzene rings is 1. The van der Waals surface area contributed by atoms with E-state index in [0.717, 1.165) is 17.4 Å². The molecule has 1 aliphatic heterocycles. The zero-order valence-corrected chi connectivity index (χ0v) is 13.3. The van der Waals surface area contributed by atoms with E-state index in [-0.39, 0.29) is 11.3 Å². The summed E-state index contributed by atoms with van der Waals surface area (Å²) in [6.07, 6.45) is 0.900. The SMILES string of the molecule is CC(C)(C)[C@H](N)C(=O)N1CCc2cccc(Br)c2C1. The van der Waals surface area contributed by atoms with Gasteiger partial charge in [0.1, 0.15) is 0 Å². The third-order valence-electron chi connectivity index (χ3n) is 3.73. The highest BCUT2D eigenvalue weighted by Gasteiger charge is 2.32. The molecule has 3 nitrogen and oxygen atoms in total. The van der Waals surface area contributed by atoms with Crippen LogP contribution < -0.4 is 5.73 Å². The minimum absolute atomic E-state index is 0.0499. The van der Waals surface area contributed by atoms with Gasteiger partial charge in [-0.25, -0.2) is 0 Å². The van der Waals surface area contributed by atoms with Gasteiger partial charge in [0.05, 0.1) is 6.04 Å². The third kappa shape index (κ3) is 3.00. The Bertz CT molecular complexity index is 493. The van der Waals surface area contributed by atoms with Crippen molar-refractivity contribution in [2.75, 3.05) is 6.54 Å². The van der Waals surface area contributed by atoms with Crippen LogP contribution in [0, 0.1) is 5.41 Å². The van der Waals surface area contributed by atoms with E-state index in [2.05, 4.69) is 22.0 Å². The van der Waals surface area contributed by atoms with Gasteiger partial charge in [0.2, 0.25) is 5.91 Å². The normalized spacial score (nSPS) is 17.0. The summed E-state index contributed by atoms with van der Waals surface area (Å²) in [5.41, 5.74) is 8.41. The molecular formula is C15H21BrN2O. The molecule has 1 atom stereocenters. The van der Waals surface area contributed by atoms with Crippen molar-refractivity contribution in [1.29, 1.82) is 0 Å². The molecule has 0 bridgehead atoms. The first-order valence-electron chi connectivity index (χ1n) is 6.61. The highest BCUT2D eigenvalue weighted by Crippen LogP contribution is 2.28.